The summed E-state index contributed by atoms with van der Waals surface area (Å²) in [5.74, 6) is -1.18. The van der Waals surface area contributed by atoms with Crippen LogP contribution in [-0.4, -0.2) is 39.8 Å². The predicted molar refractivity (Wildman–Crippen MR) is 67.5 cm³/mol. The van der Waals surface area contributed by atoms with Gasteiger partial charge >= 0.3 is 12.0 Å². The zero-order valence-electron chi connectivity index (χ0n) is 10.6. The molecular formula is C12H17N3O4. The average molecular weight is 267 g/mol. The molecule has 4 N–H and O–H groups in total. The van der Waals surface area contributed by atoms with Crippen LogP contribution in [0.2, 0.25) is 0 Å². The fourth-order valence-corrected chi connectivity index (χ4v) is 1.46. The molecule has 1 rings (SSSR count). The number of hydrogen-bond donors (Lipinski definition) is 4. The van der Waals surface area contributed by atoms with Crippen LogP contribution in [0.4, 0.5) is 4.79 Å². The van der Waals surface area contributed by atoms with E-state index in [4.69, 9.17) is 10.2 Å². The number of pyridine rings is 1. The summed E-state index contributed by atoms with van der Waals surface area (Å²) in [4.78, 5) is 26.5. The maximum Gasteiger partial charge on any atom is 0.326 e. The van der Waals surface area contributed by atoms with Crippen molar-refractivity contribution in [1.82, 2.24) is 15.6 Å². The van der Waals surface area contributed by atoms with Gasteiger partial charge in [-0.05, 0) is 19.1 Å². The van der Waals surface area contributed by atoms with Gasteiger partial charge in [0.05, 0.1) is 12.2 Å². The van der Waals surface area contributed by atoms with Crippen LogP contribution in [0, 0.1) is 6.92 Å². The number of aryl methyl sites for hydroxylation is 1. The van der Waals surface area contributed by atoms with E-state index in [0.29, 0.717) is 5.69 Å². The van der Waals surface area contributed by atoms with Gasteiger partial charge in [-0.25, -0.2) is 9.59 Å². The number of carbonyl (C=O) groups is 2. The molecule has 0 aliphatic rings. The smallest absolute Gasteiger partial charge is 0.326 e. The van der Waals surface area contributed by atoms with Gasteiger partial charge in [-0.2, -0.15) is 0 Å². The molecule has 0 fully saturated rings. The van der Waals surface area contributed by atoms with Crippen molar-refractivity contribution in [2.45, 2.75) is 25.9 Å². The number of rotatable bonds is 6. The first-order chi connectivity index (χ1) is 9.02. The number of carbonyl (C=O) groups excluding carboxylic acids is 1. The van der Waals surface area contributed by atoms with Gasteiger partial charge in [0.15, 0.2) is 0 Å². The quantitative estimate of drug-likeness (QED) is 0.581. The van der Waals surface area contributed by atoms with E-state index >= 15 is 0 Å². The fraction of sp³-hybridized carbons (Fsp3) is 0.417. The zero-order chi connectivity index (χ0) is 14.3. The molecule has 7 nitrogen and oxygen atoms in total. The van der Waals surface area contributed by atoms with Gasteiger partial charge in [0.25, 0.3) is 0 Å². The van der Waals surface area contributed by atoms with Crippen molar-refractivity contribution in [3.63, 3.8) is 0 Å². The van der Waals surface area contributed by atoms with Crippen LogP contribution >= 0.6 is 0 Å². The number of aliphatic hydroxyl groups excluding tert-OH is 1. The number of urea groups is 1. The van der Waals surface area contributed by atoms with E-state index in [-0.39, 0.29) is 19.6 Å². The number of hydrogen-bond acceptors (Lipinski definition) is 4. The van der Waals surface area contributed by atoms with E-state index < -0.39 is 18.0 Å². The van der Waals surface area contributed by atoms with Crippen LogP contribution in [0.3, 0.4) is 0 Å². The summed E-state index contributed by atoms with van der Waals surface area (Å²) in [7, 11) is 0. The minimum absolute atomic E-state index is 0.0363. The summed E-state index contributed by atoms with van der Waals surface area (Å²) in [5, 5.41) is 22.3. The van der Waals surface area contributed by atoms with Crippen molar-refractivity contribution >= 4 is 12.0 Å². The zero-order valence-corrected chi connectivity index (χ0v) is 10.6. The number of amides is 2. The molecular weight excluding hydrogens is 250 g/mol. The van der Waals surface area contributed by atoms with Crippen molar-refractivity contribution in [3.05, 3.63) is 29.6 Å². The molecule has 19 heavy (non-hydrogen) atoms. The lowest BCUT2D eigenvalue weighted by atomic mass is 10.2. The van der Waals surface area contributed by atoms with E-state index in [1.165, 1.54) is 0 Å². The number of carboxylic acid groups (broad SMARTS) is 1. The lowest BCUT2D eigenvalue weighted by molar-refractivity contribution is -0.139. The number of nitrogens with zero attached hydrogens (tertiary/aromatic N) is 1. The predicted octanol–water partition coefficient (Wildman–Crippen LogP) is 0.0248. The van der Waals surface area contributed by atoms with Gasteiger partial charge < -0.3 is 20.8 Å². The second kappa shape index (κ2) is 7.32. The molecule has 2 amide bonds. The number of carboxylic acids is 1. The molecule has 1 atom stereocenters. The molecule has 7 heteroatoms. The standard InChI is InChI=1S/C12H17N3O4/c1-8-3-2-4-9(14-8)7-13-12(19)15-10(5-6-16)11(17)18/h2-4,10,16H,5-7H2,1H3,(H,17,18)(H2,13,15,19)/t10-/m1/s1. The second-order valence-corrected chi connectivity index (χ2v) is 4.00. The first kappa shape index (κ1) is 14.9. The molecule has 0 saturated heterocycles. The van der Waals surface area contributed by atoms with E-state index in [1.54, 1.807) is 6.07 Å². The Labute approximate surface area is 110 Å². The fourth-order valence-electron chi connectivity index (χ4n) is 1.46. The summed E-state index contributed by atoms with van der Waals surface area (Å²) < 4.78 is 0. The number of aromatic nitrogens is 1. The third-order valence-electron chi connectivity index (χ3n) is 2.40. The number of aliphatic carboxylic acids is 1. The molecule has 0 radical (unpaired) electrons. The van der Waals surface area contributed by atoms with Crippen LogP contribution < -0.4 is 10.6 Å². The number of aliphatic hydroxyl groups is 1. The lowest BCUT2D eigenvalue weighted by Crippen LogP contribution is -2.46. The van der Waals surface area contributed by atoms with Gasteiger partial charge in [-0.15, -0.1) is 0 Å². The second-order valence-electron chi connectivity index (χ2n) is 4.00. The van der Waals surface area contributed by atoms with Crippen molar-refractivity contribution in [3.8, 4) is 0 Å². The molecule has 0 aliphatic heterocycles. The maximum atomic E-state index is 11.5. The Bertz CT molecular complexity index is 450. The van der Waals surface area contributed by atoms with Crippen molar-refractivity contribution in [1.29, 1.82) is 0 Å². The molecule has 1 aromatic heterocycles. The normalized spacial score (nSPS) is 11.7. The summed E-state index contributed by atoms with van der Waals surface area (Å²) in [6.07, 6.45) is -0.0363. The van der Waals surface area contributed by atoms with Gasteiger partial charge in [-0.3, -0.25) is 4.98 Å². The monoisotopic (exact) mass is 267 g/mol. The highest BCUT2D eigenvalue weighted by Crippen LogP contribution is 1.97. The van der Waals surface area contributed by atoms with Gasteiger partial charge in [-0.1, -0.05) is 6.07 Å². The van der Waals surface area contributed by atoms with Crippen molar-refractivity contribution < 1.29 is 19.8 Å². The average Bonchev–Trinajstić information content (AvgIpc) is 2.36. The van der Waals surface area contributed by atoms with Gasteiger partial charge in [0, 0.05) is 18.7 Å². The summed E-state index contributed by atoms with van der Waals surface area (Å²) in [6, 6.07) is 3.71. The molecule has 0 spiro atoms. The SMILES string of the molecule is Cc1cccc(CNC(=O)N[C@H](CCO)C(=O)O)n1. The van der Waals surface area contributed by atoms with E-state index in [0.717, 1.165) is 5.69 Å². The molecule has 1 heterocycles. The highest BCUT2D eigenvalue weighted by atomic mass is 16.4. The molecule has 0 aromatic carbocycles. The largest absolute Gasteiger partial charge is 0.480 e. The molecule has 0 saturated carbocycles. The third-order valence-corrected chi connectivity index (χ3v) is 2.40. The van der Waals surface area contributed by atoms with E-state index in [1.807, 2.05) is 19.1 Å². The minimum Gasteiger partial charge on any atom is -0.480 e. The summed E-state index contributed by atoms with van der Waals surface area (Å²) in [6.45, 7) is 1.74. The summed E-state index contributed by atoms with van der Waals surface area (Å²) >= 11 is 0. The molecule has 1 aromatic rings. The number of nitrogens with one attached hydrogen (secondary N) is 2. The Morgan fingerprint density at radius 3 is 2.74 bits per heavy atom. The first-order valence-corrected chi connectivity index (χ1v) is 5.83. The minimum atomic E-state index is -1.18. The van der Waals surface area contributed by atoms with Crippen LogP contribution in [-0.2, 0) is 11.3 Å². The molecule has 104 valence electrons. The van der Waals surface area contributed by atoms with Crippen LogP contribution in [0.15, 0.2) is 18.2 Å². The third kappa shape index (κ3) is 5.35. The van der Waals surface area contributed by atoms with Gasteiger partial charge in [0.1, 0.15) is 6.04 Å². The first-order valence-electron chi connectivity index (χ1n) is 5.83. The Kier molecular flexibility index (Phi) is 5.74. The van der Waals surface area contributed by atoms with Crippen LogP contribution in [0.1, 0.15) is 17.8 Å². The maximum absolute atomic E-state index is 11.5. The van der Waals surface area contributed by atoms with Crippen molar-refractivity contribution in [2.75, 3.05) is 6.61 Å². The van der Waals surface area contributed by atoms with Gasteiger partial charge in [0.2, 0.25) is 0 Å². The highest BCUT2D eigenvalue weighted by Gasteiger charge is 2.18. The van der Waals surface area contributed by atoms with Crippen molar-refractivity contribution in [2.24, 2.45) is 0 Å². The molecule has 0 aliphatic carbocycles. The molecule has 0 unspecified atom stereocenters. The Morgan fingerprint density at radius 2 is 2.16 bits per heavy atom. The molecule has 0 bridgehead atoms. The summed E-state index contributed by atoms with van der Waals surface area (Å²) in [5.41, 5.74) is 1.52. The topological polar surface area (TPSA) is 112 Å². The Morgan fingerprint density at radius 1 is 1.42 bits per heavy atom. The highest BCUT2D eigenvalue weighted by molar-refractivity contribution is 5.82. The Hall–Kier alpha value is -2.15. The lowest BCUT2D eigenvalue weighted by Gasteiger charge is -2.13. The van der Waals surface area contributed by atoms with E-state index in [9.17, 15) is 9.59 Å². The van der Waals surface area contributed by atoms with Crippen LogP contribution in [0.5, 0.6) is 0 Å². The van der Waals surface area contributed by atoms with E-state index in [2.05, 4.69) is 15.6 Å². The van der Waals surface area contributed by atoms with Crippen LogP contribution in [0.25, 0.3) is 0 Å². The Balaban J connectivity index is 2.44.